The first-order valence-electron chi connectivity index (χ1n) is 8.67. The Kier molecular flexibility index (Phi) is 6.79. The van der Waals surface area contributed by atoms with Crippen molar-refractivity contribution in [1.82, 2.24) is 4.98 Å². The van der Waals surface area contributed by atoms with E-state index in [1.165, 1.54) is 7.11 Å². The molecule has 1 fully saturated rings. The van der Waals surface area contributed by atoms with Gasteiger partial charge in [0, 0.05) is 37.0 Å². The number of carbonyl (C=O) groups is 2. The summed E-state index contributed by atoms with van der Waals surface area (Å²) in [6.45, 7) is 8.20. The minimum atomic E-state index is -0.598. The number of morpholine rings is 1. The van der Waals surface area contributed by atoms with Gasteiger partial charge >= 0.3 is 12.1 Å². The Morgan fingerprint density at radius 3 is 2.58 bits per heavy atom. The third kappa shape index (κ3) is 6.51. The van der Waals surface area contributed by atoms with E-state index in [1.807, 2.05) is 6.07 Å². The van der Waals surface area contributed by atoms with Crippen LogP contribution in [-0.4, -0.2) is 56.1 Å². The monoisotopic (exact) mass is 365 g/mol. The van der Waals surface area contributed by atoms with Crippen LogP contribution in [-0.2, 0) is 25.4 Å². The highest BCUT2D eigenvalue weighted by atomic mass is 16.6. The number of hydrogen-bond acceptors (Lipinski definition) is 7. The third-order valence-corrected chi connectivity index (χ3v) is 3.68. The van der Waals surface area contributed by atoms with Gasteiger partial charge in [-0.15, -0.1) is 0 Å². The van der Waals surface area contributed by atoms with Crippen molar-refractivity contribution in [1.29, 1.82) is 0 Å². The number of amides is 1. The molecule has 0 spiro atoms. The fourth-order valence-electron chi connectivity index (χ4n) is 2.51. The Bertz CT molecular complexity index is 636. The number of hydrogen-bond donors (Lipinski definition) is 1. The average molecular weight is 365 g/mol. The molecule has 26 heavy (non-hydrogen) atoms. The van der Waals surface area contributed by atoms with Gasteiger partial charge in [-0.1, -0.05) is 0 Å². The van der Waals surface area contributed by atoms with Crippen LogP contribution in [0.2, 0.25) is 0 Å². The summed E-state index contributed by atoms with van der Waals surface area (Å²) in [5, 5.41) is 2.67. The summed E-state index contributed by atoms with van der Waals surface area (Å²) in [6.07, 6.45) is 0.0820. The first-order valence-corrected chi connectivity index (χ1v) is 8.67. The molecule has 1 aromatic rings. The predicted octanol–water partition coefficient (Wildman–Crippen LogP) is 2.37. The number of nitrogens with zero attached hydrogens (tertiary/aromatic N) is 2. The molecule has 1 saturated heterocycles. The Labute approximate surface area is 153 Å². The molecular weight excluding hydrogens is 338 g/mol. The molecule has 2 rings (SSSR count). The molecule has 8 heteroatoms. The second-order valence-electron chi connectivity index (χ2n) is 7.00. The number of nitrogens with one attached hydrogen (secondary N) is 1. The van der Waals surface area contributed by atoms with Crippen molar-refractivity contribution in [3.05, 3.63) is 17.8 Å². The molecule has 1 amide bonds. The van der Waals surface area contributed by atoms with Crippen LogP contribution in [0.25, 0.3) is 0 Å². The molecule has 0 aromatic carbocycles. The van der Waals surface area contributed by atoms with E-state index in [4.69, 9.17) is 9.47 Å². The highest BCUT2D eigenvalue weighted by molar-refractivity contribution is 5.84. The van der Waals surface area contributed by atoms with Crippen molar-refractivity contribution >= 4 is 23.6 Å². The molecule has 8 nitrogen and oxygen atoms in total. The summed E-state index contributed by atoms with van der Waals surface area (Å²) in [4.78, 5) is 30.1. The van der Waals surface area contributed by atoms with Crippen molar-refractivity contribution < 1.29 is 23.8 Å². The van der Waals surface area contributed by atoms with Gasteiger partial charge in [0.25, 0.3) is 0 Å². The van der Waals surface area contributed by atoms with E-state index < -0.39 is 11.7 Å². The van der Waals surface area contributed by atoms with Gasteiger partial charge in [0.2, 0.25) is 0 Å². The topological polar surface area (TPSA) is 90.0 Å². The van der Waals surface area contributed by atoms with Crippen molar-refractivity contribution in [2.24, 2.45) is 0 Å². The molecule has 144 valence electrons. The highest BCUT2D eigenvalue weighted by Gasteiger charge is 2.19. The van der Waals surface area contributed by atoms with E-state index in [0.717, 1.165) is 18.8 Å². The zero-order valence-electron chi connectivity index (χ0n) is 15.8. The first kappa shape index (κ1) is 20.0. The molecule has 0 unspecified atom stereocenters. The number of aromatic nitrogens is 1. The molecule has 1 aliphatic heterocycles. The maximum atomic E-state index is 12.1. The molecule has 0 saturated carbocycles. The van der Waals surface area contributed by atoms with Gasteiger partial charge in [0.05, 0.1) is 26.7 Å². The number of methoxy groups -OCH3 is 1. The van der Waals surface area contributed by atoms with Crippen LogP contribution in [0.15, 0.2) is 12.1 Å². The van der Waals surface area contributed by atoms with Gasteiger partial charge < -0.3 is 19.1 Å². The molecule has 1 aliphatic rings. The van der Waals surface area contributed by atoms with Gasteiger partial charge in [-0.3, -0.25) is 10.1 Å². The number of esters is 1. The second-order valence-corrected chi connectivity index (χ2v) is 7.00. The van der Waals surface area contributed by atoms with E-state index in [9.17, 15) is 9.59 Å². The Morgan fingerprint density at radius 2 is 1.96 bits per heavy atom. The minimum Gasteiger partial charge on any atom is -0.469 e. The largest absolute Gasteiger partial charge is 0.469 e. The van der Waals surface area contributed by atoms with Gasteiger partial charge in [0.15, 0.2) is 0 Å². The molecular formula is C18H27N3O5. The number of aryl methyl sites for hydroxylation is 1. The first-order chi connectivity index (χ1) is 12.3. The quantitative estimate of drug-likeness (QED) is 0.801. The maximum absolute atomic E-state index is 12.1. The average Bonchev–Trinajstić information content (AvgIpc) is 2.58. The summed E-state index contributed by atoms with van der Waals surface area (Å²) in [5.41, 5.74) is 1.03. The maximum Gasteiger partial charge on any atom is 0.413 e. The fraction of sp³-hybridized carbons (Fsp3) is 0.611. The predicted molar refractivity (Wildman–Crippen MR) is 97.5 cm³/mol. The molecule has 0 bridgehead atoms. The number of rotatable bonds is 5. The second kappa shape index (κ2) is 8.84. The minimum absolute atomic E-state index is 0.224. The SMILES string of the molecule is COC(=O)CCc1cc(N2CCOCC2)cc(NC(=O)OC(C)(C)C)n1. The van der Waals surface area contributed by atoms with Gasteiger partial charge in [-0.2, -0.15) is 0 Å². The van der Waals surface area contributed by atoms with Crippen molar-refractivity contribution in [3.63, 3.8) is 0 Å². The van der Waals surface area contributed by atoms with Crippen molar-refractivity contribution in [3.8, 4) is 0 Å². The molecule has 1 N–H and O–H groups in total. The van der Waals surface area contributed by atoms with Crippen molar-refractivity contribution in [2.75, 3.05) is 43.6 Å². The lowest BCUT2D eigenvalue weighted by atomic mass is 10.2. The Balaban J connectivity index is 2.18. The van der Waals surface area contributed by atoms with Crippen LogP contribution in [0.5, 0.6) is 0 Å². The molecule has 2 heterocycles. The summed E-state index contributed by atoms with van der Waals surface area (Å²) in [7, 11) is 1.36. The van der Waals surface area contributed by atoms with E-state index >= 15 is 0 Å². The number of carbonyl (C=O) groups excluding carboxylic acids is 2. The molecule has 1 aromatic heterocycles. The lowest BCUT2D eigenvalue weighted by molar-refractivity contribution is -0.140. The highest BCUT2D eigenvalue weighted by Crippen LogP contribution is 2.22. The summed E-state index contributed by atoms with van der Waals surface area (Å²) in [5.74, 6) is 0.0911. The van der Waals surface area contributed by atoms with E-state index in [-0.39, 0.29) is 12.4 Å². The van der Waals surface area contributed by atoms with Crippen LogP contribution in [0.4, 0.5) is 16.3 Å². The van der Waals surface area contributed by atoms with E-state index in [1.54, 1.807) is 26.8 Å². The molecule has 0 atom stereocenters. The Morgan fingerprint density at radius 1 is 1.27 bits per heavy atom. The number of anilines is 2. The summed E-state index contributed by atoms with van der Waals surface area (Å²) in [6, 6.07) is 3.73. The van der Waals surface area contributed by atoms with Crippen LogP contribution in [0.1, 0.15) is 32.9 Å². The van der Waals surface area contributed by atoms with Gasteiger partial charge in [-0.25, -0.2) is 9.78 Å². The summed E-state index contributed by atoms with van der Waals surface area (Å²) < 4.78 is 15.4. The third-order valence-electron chi connectivity index (χ3n) is 3.68. The van der Waals surface area contributed by atoms with E-state index in [0.29, 0.717) is 31.1 Å². The smallest absolute Gasteiger partial charge is 0.413 e. The van der Waals surface area contributed by atoms with Crippen LogP contribution in [0, 0.1) is 0 Å². The van der Waals surface area contributed by atoms with Gasteiger partial charge in [-0.05, 0) is 26.8 Å². The fourth-order valence-corrected chi connectivity index (χ4v) is 2.51. The number of pyridine rings is 1. The van der Waals surface area contributed by atoms with Crippen molar-refractivity contribution in [2.45, 2.75) is 39.2 Å². The van der Waals surface area contributed by atoms with Crippen LogP contribution in [0.3, 0.4) is 0 Å². The lowest BCUT2D eigenvalue weighted by Gasteiger charge is -2.29. The standard InChI is InChI=1S/C18H27N3O5/c1-18(2,3)26-17(23)20-15-12-14(21-7-9-25-10-8-21)11-13(19-15)5-6-16(22)24-4/h11-12H,5-10H2,1-4H3,(H,19,20,23). The lowest BCUT2D eigenvalue weighted by Crippen LogP contribution is -2.36. The van der Waals surface area contributed by atoms with Crippen LogP contribution < -0.4 is 10.2 Å². The Hall–Kier alpha value is -2.35. The number of ether oxygens (including phenoxy) is 3. The van der Waals surface area contributed by atoms with Gasteiger partial charge in [0.1, 0.15) is 11.4 Å². The normalized spacial score (nSPS) is 14.7. The van der Waals surface area contributed by atoms with Crippen LogP contribution >= 0.6 is 0 Å². The molecule has 0 aliphatic carbocycles. The zero-order valence-corrected chi connectivity index (χ0v) is 15.8. The summed E-state index contributed by atoms with van der Waals surface area (Å²) >= 11 is 0. The van der Waals surface area contributed by atoms with E-state index in [2.05, 4.69) is 19.9 Å². The zero-order chi connectivity index (χ0) is 19.2. The molecule has 0 radical (unpaired) electrons.